The molecule has 0 radical (unpaired) electrons. The van der Waals surface area contributed by atoms with Crippen LogP contribution in [0.25, 0.3) is 6.08 Å². The van der Waals surface area contributed by atoms with Gasteiger partial charge in [0.25, 0.3) is 0 Å². The first kappa shape index (κ1) is 10.6. The Labute approximate surface area is 84.7 Å². The second-order valence-electron chi connectivity index (χ2n) is 3.09. The van der Waals surface area contributed by atoms with Crippen molar-refractivity contribution in [2.45, 2.75) is 26.2 Å². The van der Waals surface area contributed by atoms with Crippen molar-refractivity contribution in [1.29, 1.82) is 0 Å². The minimum absolute atomic E-state index is 0.315. The van der Waals surface area contributed by atoms with Gasteiger partial charge >= 0.3 is 0 Å². The van der Waals surface area contributed by atoms with Gasteiger partial charge in [0, 0.05) is 19.0 Å². The van der Waals surface area contributed by atoms with E-state index in [1.807, 2.05) is 37.3 Å². The fourth-order valence-corrected chi connectivity index (χ4v) is 1.10. The summed E-state index contributed by atoms with van der Waals surface area (Å²) in [7, 11) is 0. The summed E-state index contributed by atoms with van der Waals surface area (Å²) >= 11 is 0. The van der Waals surface area contributed by atoms with Gasteiger partial charge in [0.05, 0.1) is 5.69 Å². The van der Waals surface area contributed by atoms with Crippen LogP contribution in [-0.2, 0) is 4.79 Å². The Hall–Kier alpha value is -1.44. The van der Waals surface area contributed by atoms with Crippen molar-refractivity contribution >= 4 is 11.9 Å². The molecule has 0 bridgehead atoms. The Morgan fingerprint density at radius 1 is 1.50 bits per heavy atom. The van der Waals surface area contributed by atoms with Crippen molar-refractivity contribution in [3.63, 3.8) is 0 Å². The van der Waals surface area contributed by atoms with E-state index >= 15 is 0 Å². The van der Waals surface area contributed by atoms with Crippen LogP contribution in [-0.4, -0.2) is 10.8 Å². The van der Waals surface area contributed by atoms with Gasteiger partial charge in [0.15, 0.2) is 0 Å². The molecule has 2 heteroatoms. The summed E-state index contributed by atoms with van der Waals surface area (Å²) in [6.07, 6.45) is 7.79. The molecule has 0 saturated heterocycles. The van der Waals surface area contributed by atoms with Crippen LogP contribution in [0.2, 0.25) is 0 Å². The molecule has 74 valence electrons. The molecule has 0 fully saturated rings. The molecule has 0 atom stereocenters. The molecule has 1 heterocycles. The summed E-state index contributed by atoms with van der Waals surface area (Å²) in [5, 5.41) is 0. The fraction of sp³-hybridized carbons (Fsp3) is 0.333. The average molecular weight is 189 g/mol. The monoisotopic (exact) mass is 189 g/mol. The number of nitrogens with zero attached hydrogens (tertiary/aromatic N) is 1. The maximum absolute atomic E-state index is 11.0. The highest BCUT2D eigenvalue weighted by Gasteiger charge is 1.94. The number of hydrogen-bond acceptors (Lipinski definition) is 2. The predicted octanol–water partition coefficient (Wildman–Crippen LogP) is 2.85. The quantitative estimate of drug-likeness (QED) is 0.712. The standard InChI is InChI=1S/C12H15NO/c1-2-12(14)9-4-3-7-11-8-5-6-10-13-11/h3,5-8,10H,2,4,9H2,1H3. The molecule has 0 aromatic carbocycles. The Morgan fingerprint density at radius 2 is 2.36 bits per heavy atom. The largest absolute Gasteiger partial charge is 0.300 e. The molecule has 0 unspecified atom stereocenters. The topological polar surface area (TPSA) is 30.0 Å². The molecule has 14 heavy (non-hydrogen) atoms. The molecule has 0 spiro atoms. The minimum atomic E-state index is 0.315. The van der Waals surface area contributed by atoms with Crippen molar-refractivity contribution in [3.05, 3.63) is 36.2 Å². The highest BCUT2D eigenvalue weighted by Crippen LogP contribution is 2.00. The molecule has 1 rings (SSSR count). The van der Waals surface area contributed by atoms with E-state index in [0.29, 0.717) is 18.6 Å². The lowest BCUT2D eigenvalue weighted by atomic mass is 10.1. The fourth-order valence-electron chi connectivity index (χ4n) is 1.10. The van der Waals surface area contributed by atoms with Crippen LogP contribution >= 0.6 is 0 Å². The van der Waals surface area contributed by atoms with Crippen LogP contribution in [0.1, 0.15) is 31.9 Å². The zero-order valence-electron chi connectivity index (χ0n) is 8.44. The predicted molar refractivity (Wildman–Crippen MR) is 57.8 cm³/mol. The lowest BCUT2D eigenvalue weighted by molar-refractivity contribution is -0.118. The van der Waals surface area contributed by atoms with Gasteiger partial charge in [0.1, 0.15) is 5.78 Å². The molecule has 0 aliphatic carbocycles. The van der Waals surface area contributed by atoms with E-state index in [0.717, 1.165) is 12.1 Å². The van der Waals surface area contributed by atoms with E-state index in [2.05, 4.69) is 4.98 Å². The lowest BCUT2D eigenvalue weighted by Gasteiger charge is -1.92. The number of hydrogen-bond donors (Lipinski definition) is 0. The molecule has 0 aliphatic rings. The molecule has 0 amide bonds. The van der Waals surface area contributed by atoms with Crippen molar-refractivity contribution in [2.75, 3.05) is 0 Å². The maximum atomic E-state index is 11.0. The van der Waals surface area contributed by atoms with E-state index in [9.17, 15) is 4.79 Å². The molecule has 0 aliphatic heterocycles. The maximum Gasteiger partial charge on any atom is 0.132 e. The highest BCUT2D eigenvalue weighted by molar-refractivity contribution is 5.78. The van der Waals surface area contributed by atoms with Crippen LogP contribution in [0.15, 0.2) is 30.5 Å². The van der Waals surface area contributed by atoms with Gasteiger partial charge in [0.2, 0.25) is 0 Å². The lowest BCUT2D eigenvalue weighted by Crippen LogP contribution is -1.92. The Bertz CT molecular complexity index is 303. The van der Waals surface area contributed by atoms with Crippen LogP contribution < -0.4 is 0 Å². The summed E-state index contributed by atoms with van der Waals surface area (Å²) < 4.78 is 0. The summed E-state index contributed by atoms with van der Waals surface area (Å²) in [5.74, 6) is 0.315. The van der Waals surface area contributed by atoms with E-state index in [-0.39, 0.29) is 0 Å². The normalized spacial score (nSPS) is 10.6. The summed E-state index contributed by atoms with van der Waals surface area (Å²) in [6.45, 7) is 1.89. The highest BCUT2D eigenvalue weighted by atomic mass is 16.1. The zero-order chi connectivity index (χ0) is 10.2. The molecular weight excluding hydrogens is 174 g/mol. The van der Waals surface area contributed by atoms with Gasteiger partial charge in [-0.2, -0.15) is 0 Å². The smallest absolute Gasteiger partial charge is 0.132 e. The van der Waals surface area contributed by atoms with E-state index in [1.54, 1.807) is 6.20 Å². The number of aromatic nitrogens is 1. The molecule has 1 aromatic rings. The SMILES string of the molecule is CCC(=O)CCC=Cc1ccccn1. The second kappa shape index (κ2) is 6.08. The second-order valence-corrected chi connectivity index (χ2v) is 3.09. The number of ketones is 1. The number of carbonyl (C=O) groups excluding carboxylic acids is 1. The Kier molecular flexibility index (Phi) is 4.62. The summed E-state index contributed by atoms with van der Waals surface area (Å²) in [5.41, 5.74) is 0.941. The van der Waals surface area contributed by atoms with Gasteiger partial charge in [-0.15, -0.1) is 0 Å². The zero-order valence-corrected chi connectivity index (χ0v) is 8.44. The average Bonchev–Trinajstić information content (AvgIpc) is 2.25. The molecular formula is C12H15NO. The van der Waals surface area contributed by atoms with Crippen molar-refractivity contribution in [3.8, 4) is 0 Å². The van der Waals surface area contributed by atoms with E-state index < -0.39 is 0 Å². The number of pyridine rings is 1. The van der Waals surface area contributed by atoms with E-state index in [4.69, 9.17) is 0 Å². The molecule has 0 N–H and O–H groups in total. The van der Waals surface area contributed by atoms with Crippen molar-refractivity contribution in [2.24, 2.45) is 0 Å². The van der Waals surface area contributed by atoms with Gasteiger partial charge in [-0.3, -0.25) is 9.78 Å². The Morgan fingerprint density at radius 3 is 3.00 bits per heavy atom. The van der Waals surface area contributed by atoms with Gasteiger partial charge < -0.3 is 0 Å². The number of rotatable bonds is 5. The number of allylic oxidation sites excluding steroid dienone is 1. The van der Waals surface area contributed by atoms with Crippen LogP contribution in [0, 0.1) is 0 Å². The van der Waals surface area contributed by atoms with Gasteiger partial charge in [-0.05, 0) is 24.6 Å². The van der Waals surface area contributed by atoms with Gasteiger partial charge in [-0.1, -0.05) is 19.1 Å². The summed E-state index contributed by atoms with van der Waals surface area (Å²) in [4.78, 5) is 15.1. The Balaban J connectivity index is 2.31. The first-order valence-electron chi connectivity index (χ1n) is 4.92. The van der Waals surface area contributed by atoms with Crippen LogP contribution in [0.3, 0.4) is 0 Å². The van der Waals surface area contributed by atoms with Crippen molar-refractivity contribution in [1.82, 2.24) is 4.98 Å². The summed E-state index contributed by atoms with van der Waals surface area (Å²) in [6, 6.07) is 5.78. The third kappa shape index (κ3) is 3.99. The van der Waals surface area contributed by atoms with Crippen LogP contribution in [0.5, 0.6) is 0 Å². The number of Topliss-reactive ketones (excluding diaryl/α,β-unsaturated/α-hetero) is 1. The van der Waals surface area contributed by atoms with E-state index in [1.165, 1.54) is 0 Å². The number of carbonyl (C=O) groups is 1. The van der Waals surface area contributed by atoms with Gasteiger partial charge in [-0.25, -0.2) is 0 Å². The third-order valence-electron chi connectivity index (χ3n) is 1.96. The molecule has 2 nitrogen and oxygen atoms in total. The minimum Gasteiger partial charge on any atom is -0.300 e. The third-order valence-corrected chi connectivity index (χ3v) is 1.96. The first-order chi connectivity index (χ1) is 6.83. The van der Waals surface area contributed by atoms with Crippen LogP contribution in [0.4, 0.5) is 0 Å². The first-order valence-corrected chi connectivity index (χ1v) is 4.92. The van der Waals surface area contributed by atoms with Crippen molar-refractivity contribution < 1.29 is 4.79 Å². The molecule has 1 aromatic heterocycles. The molecule has 0 saturated carbocycles.